The van der Waals surface area contributed by atoms with Gasteiger partial charge in [0.05, 0.1) is 30.6 Å². The standard InChI is InChI=1S/C15H26FN3O/c1-12(2)20-10-9-19(4)8-7-14(17-3)15-6-5-13(16)11-18-15/h5-6,11-12,14,17H,7-10H2,1-4H3. The van der Waals surface area contributed by atoms with E-state index in [1.165, 1.54) is 12.3 Å². The highest BCUT2D eigenvalue weighted by Gasteiger charge is 2.11. The lowest BCUT2D eigenvalue weighted by atomic mass is 10.1. The molecule has 0 aliphatic heterocycles. The molecule has 0 saturated heterocycles. The van der Waals surface area contributed by atoms with Crippen LogP contribution in [0.15, 0.2) is 18.3 Å². The molecule has 1 aromatic heterocycles. The molecule has 0 radical (unpaired) electrons. The molecule has 0 bridgehead atoms. The van der Waals surface area contributed by atoms with Crippen molar-refractivity contribution < 1.29 is 9.13 Å². The summed E-state index contributed by atoms with van der Waals surface area (Å²) in [5.74, 6) is -0.299. The van der Waals surface area contributed by atoms with Gasteiger partial charge in [0.1, 0.15) is 5.82 Å². The van der Waals surface area contributed by atoms with E-state index >= 15 is 0 Å². The van der Waals surface area contributed by atoms with Crippen LogP contribution in [0.25, 0.3) is 0 Å². The summed E-state index contributed by atoms with van der Waals surface area (Å²) in [6, 6.07) is 3.33. The Bertz CT molecular complexity index is 370. The topological polar surface area (TPSA) is 37.4 Å². The van der Waals surface area contributed by atoms with Gasteiger partial charge in [0.2, 0.25) is 0 Å². The van der Waals surface area contributed by atoms with E-state index in [1.807, 2.05) is 20.9 Å². The van der Waals surface area contributed by atoms with Crippen LogP contribution in [0.3, 0.4) is 0 Å². The fourth-order valence-electron chi connectivity index (χ4n) is 1.94. The average Bonchev–Trinajstić information content (AvgIpc) is 2.41. The first-order valence-electron chi connectivity index (χ1n) is 7.11. The lowest BCUT2D eigenvalue weighted by Gasteiger charge is -2.21. The highest BCUT2D eigenvalue weighted by atomic mass is 19.1. The lowest BCUT2D eigenvalue weighted by molar-refractivity contribution is 0.0632. The number of likely N-dealkylation sites (N-methyl/N-ethyl adjacent to an activating group) is 1. The molecule has 1 N–H and O–H groups in total. The summed E-state index contributed by atoms with van der Waals surface area (Å²) in [5.41, 5.74) is 0.876. The molecule has 4 nitrogen and oxygen atoms in total. The maximum Gasteiger partial charge on any atom is 0.141 e. The maximum atomic E-state index is 12.9. The Morgan fingerprint density at radius 1 is 1.35 bits per heavy atom. The van der Waals surface area contributed by atoms with Gasteiger partial charge in [-0.15, -0.1) is 0 Å². The summed E-state index contributed by atoms with van der Waals surface area (Å²) in [7, 11) is 3.98. The Morgan fingerprint density at radius 2 is 2.10 bits per heavy atom. The Balaban J connectivity index is 2.35. The van der Waals surface area contributed by atoms with Gasteiger partial charge in [0.25, 0.3) is 0 Å². The summed E-state index contributed by atoms with van der Waals surface area (Å²) >= 11 is 0. The maximum absolute atomic E-state index is 12.9. The molecule has 1 atom stereocenters. The molecule has 0 spiro atoms. The molecule has 20 heavy (non-hydrogen) atoms. The number of aromatic nitrogens is 1. The SMILES string of the molecule is CNC(CCN(C)CCOC(C)C)c1ccc(F)cn1. The minimum absolute atomic E-state index is 0.143. The summed E-state index contributed by atoms with van der Waals surface area (Å²) in [4.78, 5) is 6.36. The molecule has 0 amide bonds. The van der Waals surface area contributed by atoms with E-state index < -0.39 is 0 Å². The van der Waals surface area contributed by atoms with E-state index in [1.54, 1.807) is 6.07 Å². The number of nitrogens with one attached hydrogen (secondary N) is 1. The third-order valence-electron chi connectivity index (χ3n) is 3.18. The monoisotopic (exact) mass is 283 g/mol. The van der Waals surface area contributed by atoms with Crippen LogP contribution in [-0.4, -0.2) is 49.8 Å². The summed E-state index contributed by atoms with van der Waals surface area (Å²) in [6.45, 7) is 6.67. The third-order valence-corrected chi connectivity index (χ3v) is 3.18. The van der Waals surface area contributed by atoms with Gasteiger partial charge in [0.15, 0.2) is 0 Å². The fourth-order valence-corrected chi connectivity index (χ4v) is 1.94. The number of nitrogens with zero attached hydrogens (tertiary/aromatic N) is 2. The molecule has 1 rings (SSSR count). The Kier molecular flexibility index (Phi) is 7.65. The van der Waals surface area contributed by atoms with Gasteiger partial charge in [-0.05, 0) is 53.0 Å². The first-order valence-corrected chi connectivity index (χ1v) is 7.11. The second-order valence-electron chi connectivity index (χ2n) is 5.25. The van der Waals surface area contributed by atoms with Crippen molar-refractivity contribution >= 4 is 0 Å². The van der Waals surface area contributed by atoms with Crippen molar-refractivity contribution in [1.29, 1.82) is 0 Å². The van der Waals surface area contributed by atoms with Crippen LogP contribution in [0, 0.1) is 5.82 Å². The van der Waals surface area contributed by atoms with E-state index in [0.29, 0.717) is 0 Å². The Hall–Kier alpha value is -1.04. The van der Waals surface area contributed by atoms with Crippen LogP contribution in [0.1, 0.15) is 32.0 Å². The first kappa shape index (κ1) is 17.0. The average molecular weight is 283 g/mol. The number of rotatable bonds is 9. The zero-order valence-electron chi connectivity index (χ0n) is 12.9. The zero-order valence-corrected chi connectivity index (χ0v) is 12.9. The van der Waals surface area contributed by atoms with Crippen molar-refractivity contribution in [2.24, 2.45) is 0 Å². The molecule has 1 heterocycles. The number of hydrogen-bond acceptors (Lipinski definition) is 4. The number of ether oxygens (including phenoxy) is 1. The van der Waals surface area contributed by atoms with Gasteiger partial charge < -0.3 is 15.0 Å². The number of hydrogen-bond donors (Lipinski definition) is 1. The van der Waals surface area contributed by atoms with Crippen LogP contribution >= 0.6 is 0 Å². The molecule has 1 unspecified atom stereocenters. The van der Waals surface area contributed by atoms with Gasteiger partial charge in [-0.25, -0.2) is 4.39 Å². The largest absolute Gasteiger partial charge is 0.377 e. The molecule has 0 aromatic carbocycles. The van der Waals surface area contributed by atoms with Crippen LogP contribution in [0.5, 0.6) is 0 Å². The second kappa shape index (κ2) is 9.00. The van der Waals surface area contributed by atoms with Gasteiger partial charge >= 0.3 is 0 Å². The number of pyridine rings is 1. The molecule has 0 saturated carbocycles. The highest BCUT2D eigenvalue weighted by molar-refractivity contribution is 5.09. The van der Waals surface area contributed by atoms with Gasteiger partial charge in [-0.3, -0.25) is 4.98 Å². The van der Waals surface area contributed by atoms with Gasteiger partial charge in [-0.1, -0.05) is 0 Å². The molecular weight excluding hydrogens is 257 g/mol. The minimum atomic E-state index is -0.299. The fraction of sp³-hybridized carbons (Fsp3) is 0.667. The van der Waals surface area contributed by atoms with Crippen molar-refractivity contribution in [1.82, 2.24) is 15.2 Å². The van der Waals surface area contributed by atoms with E-state index in [0.717, 1.165) is 31.8 Å². The van der Waals surface area contributed by atoms with Crippen LogP contribution in [0.2, 0.25) is 0 Å². The van der Waals surface area contributed by atoms with Crippen LogP contribution in [0.4, 0.5) is 4.39 Å². The van der Waals surface area contributed by atoms with Crippen LogP contribution < -0.4 is 5.32 Å². The van der Waals surface area contributed by atoms with Crippen molar-refractivity contribution in [2.45, 2.75) is 32.4 Å². The molecular formula is C15H26FN3O. The van der Waals surface area contributed by atoms with Crippen molar-refractivity contribution in [3.63, 3.8) is 0 Å². The summed E-state index contributed by atoms with van der Waals surface area (Å²) < 4.78 is 18.4. The molecule has 1 aromatic rings. The van der Waals surface area contributed by atoms with Gasteiger partial charge in [0, 0.05) is 6.54 Å². The molecule has 114 valence electrons. The van der Waals surface area contributed by atoms with E-state index in [9.17, 15) is 4.39 Å². The lowest BCUT2D eigenvalue weighted by Crippen LogP contribution is -2.29. The molecule has 0 aliphatic rings. The second-order valence-corrected chi connectivity index (χ2v) is 5.25. The van der Waals surface area contributed by atoms with Crippen molar-refractivity contribution in [3.8, 4) is 0 Å². The van der Waals surface area contributed by atoms with E-state index in [4.69, 9.17) is 4.74 Å². The van der Waals surface area contributed by atoms with Crippen molar-refractivity contribution in [3.05, 3.63) is 29.8 Å². The van der Waals surface area contributed by atoms with Crippen LogP contribution in [-0.2, 0) is 4.74 Å². The summed E-state index contributed by atoms with van der Waals surface area (Å²) in [5, 5.41) is 3.22. The third kappa shape index (κ3) is 6.41. The predicted octanol–water partition coefficient (Wildman–Crippen LogP) is 2.23. The first-order chi connectivity index (χ1) is 9.52. The zero-order chi connectivity index (χ0) is 15.0. The predicted molar refractivity (Wildman–Crippen MR) is 79.2 cm³/mol. The number of halogens is 1. The van der Waals surface area contributed by atoms with Gasteiger partial charge in [-0.2, -0.15) is 0 Å². The molecule has 0 aliphatic carbocycles. The normalized spacial score (nSPS) is 13.2. The van der Waals surface area contributed by atoms with E-state index in [-0.39, 0.29) is 18.0 Å². The molecule has 5 heteroatoms. The summed E-state index contributed by atoms with van der Waals surface area (Å²) in [6.07, 6.45) is 2.46. The van der Waals surface area contributed by atoms with Crippen molar-refractivity contribution in [2.75, 3.05) is 33.8 Å². The van der Waals surface area contributed by atoms with E-state index in [2.05, 4.69) is 22.2 Å². The molecule has 0 fully saturated rings. The Morgan fingerprint density at radius 3 is 2.65 bits per heavy atom. The highest BCUT2D eigenvalue weighted by Crippen LogP contribution is 2.14. The Labute approximate surface area is 121 Å². The minimum Gasteiger partial charge on any atom is -0.377 e. The smallest absolute Gasteiger partial charge is 0.141 e. The quantitative estimate of drug-likeness (QED) is 0.754.